The summed E-state index contributed by atoms with van der Waals surface area (Å²) in [5.41, 5.74) is 0. The summed E-state index contributed by atoms with van der Waals surface area (Å²) in [6, 6.07) is 0. The van der Waals surface area contributed by atoms with Gasteiger partial charge in [0.25, 0.3) is 0 Å². The summed E-state index contributed by atoms with van der Waals surface area (Å²) in [6.07, 6.45) is -1.18. The van der Waals surface area contributed by atoms with E-state index in [4.69, 9.17) is 19.6 Å². The van der Waals surface area contributed by atoms with Crippen molar-refractivity contribution >= 4 is 23.4 Å². The summed E-state index contributed by atoms with van der Waals surface area (Å²) in [4.78, 5) is 33.6. The van der Waals surface area contributed by atoms with Crippen molar-refractivity contribution in [2.24, 2.45) is 0 Å². The fourth-order valence-corrected chi connectivity index (χ4v) is 2.16. The molecule has 0 aromatic carbocycles. The molecule has 9 nitrogen and oxygen atoms in total. The zero-order chi connectivity index (χ0) is 12.8. The lowest BCUT2D eigenvalue weighted by Gasteiger charge is -2.07. The number of rotatable bonds is 8. The van der Waals surface area contributed by atoms with Crippen LogP contribution in [0.1, 0.15) is 0 Å². The second-order valence-electron chi connectivity index (χ2n) is 2.72. The van der Waals surface area contributed by atoms with Crippen LogP contribution in [-0.4, -0.2) is 45.1 Å². The highest BCUT2D eigenvalue weighted by molar-refractivity contribution is 7.52. The Morgan fingerprint density at radius 2 is 1.19 bits per heavy atom. The molecule has 0 amide bonds. The van der Waals surface area contributed by atoms with Crippen molar-refractivity contribution in [2.75, 3.05) is 25.5 Å². The largest absolute Gasteiger partial charge is 0.327 e. The maximum Gasteiger partial charge on any atom is 0.327 e. The molecule has 12 heteroatoms. The van der Waals surface area contributed by atoms with E-state index in [0.29, 0.717) is 0 Å². The van der Waals surface area contributed by atoms with Crippen LogP contribution in [0.4, 0.5) is 0 Å². The van der Waals surface area contributed by atoms with Gasteiger partial charge in [0.15, 0.2) is 0 Å². The molecule has 0 fully saturated rings. The Morgan fingerprint density at radius 3 is 1.44 bits per heavy atom. The highest BCUT2D eigenvalue weighted by atomic mass is 31.2. The predicted octanol–water partition coefficient (Wildman–Crippen LogP) is -0.235. The first-order valence-corrected chi connectivity index (χ1v) is 8.81. The van der Waals surface area contributed by atoms with Gasteiger partial charge in [0, 0.05) is 0 Å². The standard InChI is InChI=1S/C4H13O9P3/c5-14(12-1-3-15(6,7)8)13-2-4-16(9,10)11/h14H,1-4H2,(H2,6,7,8)(H2,9,10,11). The Kier molecular flexibility index (Phi) is 7.21. The van der Waals surface area contributed by atoms with Crippen molar-refractivity contribution in [1.82, 2.24) is 0 Å². The molecule has 0 unspecified atom stereocenters. The van der Waals surface area contributed by atoms with Crippen LogP contribution >= 0.6 is 23.4 Å². The van der Waals surface area contributed by atoms with Crippen LogP contribution in [0.3, 0.4) is 0 Å². The van der Waals surface area contributed by atoms with Crippen LogP contribution in [-0.2, 0) is 22.7 Å². The van der Waals surface area contributed by atoms with Crippen LogP contribution in [0.15, 0.2) is 0 Å². The molecule has 0 saturated carbocycles. The van der Waals surface area contributed by atoms with Gasteiger partial charge in [0.2, 0.25) is 0 Å². The summed E-state index contributed by atoms with van der Waals surface area (Å²) in [5.74, 6) is 0. The fraction of sp³-hybridized carbons (Fsp3) is 1.00. The quantitative estimate of drug-likeness (QED) is 0.445. The Balaban J connectivity index is 3.61. The zero-order valence-electron chi connectivity index (χ0n) is 8.05. The smallest absolute Gasteiger partial charge is 0.324 e. The molecule has 0 aliphatic heterocycles. The van der Waals surface area contributed by atoms with Crippen molar-refractivity contribution in [3.8, 4) is 0 Å². The van der Waals surface area contributed by atoms with Gasteiger partial charge in [-0.05, 0) is 0 Å². The van der Waals surface area contributed by atoms with Crippen LogP contribution in [0.2, 0.25) is 0 Å². The molecule has 98 valence electrons. The highest BCUT2D eigenvalue weighted by Gasteiger charge is 2.15. The average molecular weight is 298 g/mol. The van der Waals surface area contributed by atoms with Gasteiger partial charge >= 0.3 is 23.4 Å². The Hall–Kier alpha value is 0.450. The molecular formula is C4H13O9P3. The van der Waals surface area contributed by atoms with Crippen LogP contribution in [0, 0.1) is 0 Å². The molecule has 0 aromatic rings. The normalized spacial score (nSPS) is 13.3. The van der Waals surface area contributed by atoms with Crippen molar-refractivity contribution < 1.29 is 42.3 Å². The number of hydrogen-bond acceptors (Lipinski definition) is 5. The summed E-state index contributed by atoms with van der Waals surface area (Å²) in [7, 11) is -11.4. The maximum absolute atomic E-state index is 10.8. The Labute approximate surface area is 92.0 Å². The third kappa shape index (κ3) is 12.5. The fourth-order valence-electron chi connectivity index (χ4n) is 0.537. The molecule has 16 heavy (non-hydrogen) atoms. The molecule has 4 N–H and O–H groups in total. The van der Waals surface area contributed by atoms with Gasteiger partial charge in [-0.15, -0.1) is 0 Å². The van der Waals surface area contributed by atoms with E-state index in [0.717, 1.165) is 0 Å². The zero-order valence-corrected chi connectivity index (χ0v) is 10.8. The summed E-state index contributed by atoms with van der Waals surface area (Å²) in [6.45, 7) is -0.893. The first kappa shape index (κ1) is 16.4. The predicted molar refractivity (Wildman–Crippen MR) is 54.7 cm³/mol. The molecule has 0 atom stereocenters. The highest BCUT2D eigenvalue weighted by Crippen LogP contribution is 2.37. The molecule has 0 aromatic heterocycles. The molecule has 0 radical (unpaired) electrons. The first-order chi connectivity index (χ1) is 7.10. The first-order valence-electron chi connectivity index (χ1n) is 3.99. The van der Waals surface area contributed by atoms with Crippen LogP contribution < -0.4 is 0 Å². The Bertz CT molecular complexity index is 285. The van der Waals surface area contributed by atoms with Gasteiger partial charge in [-0.2, -0.15) is 0 Å². The molecule has 0 bridgehead atoms. The lowest BCUT2D eigenvalue weighted by atomic mass is 10.9. The lowest BCUT2D eigenvalue weighted by Crippen LogP contribution is -1.99. The van der Waals surface area contributed by atoms with Gasteiger partial charge in [0.1, 0.15) is 0 Å². The minimum Gasteiger partial charge on any atom is -0.324 e. The summed E-state index contributed by atoms with van der Waals surface area (Å²) in [5, 5.41) is 0. The third-order valence-electron chi connectivity index (χ3n) is 1.20. The van der Waals surface area contributed by atoms with Gasteiger partial charge in [0.05, 0.1) is 25.5 Å². The van der Waals surface area contributed by atoms with E-state index in [1.54, 1.807) is 0 Å². The van der Waals surface area contributed by atoms with E-state index in [9.17, 15) is 13.7 Å². The van der Waals surface area contributed by atoms with Crippen molar-refractivity contribution in [2.45, 2.75) is 0 Å². The van der Waals surface area contributed by atoms with E-state index >= 15 is 0 Å². The minimum atomic E-state index is -4.20. The third-order valence-corrected chi connectivity index (χ3v) is 3.61. The maximum atomic E-state index is 10.8. The van der Waals surface area contributed by atoms with E-state index < -0.39 is 49.0 Å². The molecule has 0 heterocycles. The summed E-state index contributed by atoms with van der Waals surface area (Å²) >= 11 is 0. The summed E-state index contributed by atoms with van der Waals surface area (Å²) < 4.78 is 40.3. The van der Waals surface area contributed by atoms with Crippen molar-refractivity contribution in [3.05, 3.63) is 0 Å². The number of hydrogen-bond donors (Lipinski definition) is 4. The van der Waals surface area contributed by atoms with Gasteiger partial charge in [-0.3, -0.25) is 13.7 Å². The van der Waals surface area contributed by atoms with E-state index in [-0.39, 0.29) is 0 Å². The monoisotopic (exact) mass is 298 g/mol. The van der Waals surface area contributed by atoms with E-state index in [2.05, 4.69) is 9.05 Å². The molecule has 0 spiro atoms. The van der Waals surface area contributed by atoms with Gasteiger partial charge in [-0.25, -0.2) is 0 Å². The average Bonchev–Trinajstić information content (AvgIpc) is 1.98. The second-order valence-corrected chi connectivity index (χ2v) is 7.35. The van der Waals surface area contributed by atoms with Gasteiger partial charge < -0.3 is 28.6 Å². The Morgan fingerprint density at radius 1 is 0.875 bits per heavy atom. The van der Waals surface area contributed by atoms with Crippen LogP contribution in [0.25, 0.3) is 0 Å². The second kappa shape index (κ2) is 7.01. The topological polar surface area (TPSA) is 151 Å². The molecule has 0 aliphatic rings. The van der Waals surface area contributed by atoms with Crippen molar-refractivity contribution in [1.29, 1.82) is 0 Å². The van der Waals surface area contributed by atoms with Crippen LogP contribution in [0.5, 0.6) is 0 Å². The molecule has 0 rings (SSSR count). The minimum absolute atomic E-state index is 0.446. The molecule has 0 aliphatic carbocycles. The van der Waals surface area contributed by atoms with Crippen molar-refractivity contribution in [3.63, 3.8) is 0 Å². The molecular weight excluding hydrogens is 285 g/mol. The van der Waals surface area contributed by atoms with E-state index in [1.807, 2.05) is 0 Å². The van der Waals surface area contributed by atoms with Gasteiger partial charge in [-0.1, -0.05) is 0 Å². The molecule has 0 saturated heterocycles. The lowest BCUT2D eigenvalue weighted by molar-refractivity contribution is 0.237. The SMILES string of the molecule is O=[PH](OCCP(=O)(O)O)OCCP(=O)(O)O. The van der Waals surface area contributed by atoms with E-state index in [1.165, 1.54) is 0 Å².